The van der Waals surface area contributed by atoms with Crippen molar-refractivity contribution in [3.05, 3.63) is 74.9 Å². The molecule has 4 rings (SSSR count). The molecule has 32 heavy (non-hydrogen) atoms. The molecule has 0 saturated carbocycles. The van der Waals surface area contributed by atoms with Crippen molar-refractivity contribution in [2.45, 2.75) is 25.9 Å². The minimum atomic E-state index is -0.509. The fourth-order valence-electron chi connectivity index (χ4n) is 3.81. The first-order valence-electron chi connectivity index (χ1n) is 10.5. The SMILES string of the molecule is CCn1c(=O)[nH]c2cc(C(=O)NC3CCN(C(=O)COc4ccccc4)C3)ccc2c1=O. The van der Waals surface area contributed by atoms with Gasteiger partial charge in [0.2, 0.25) is 0 Å². The third-order valence-electron chi connectivity index (χ3n) is 5.54. The van der Waals surface area contributed by atoms with Crippen molar-refractivity contribution in [3.8, 4) is 5.75 Å². The standard InChI is InChI=1S/C23H24N4O5/c1-2-27-22(30)18-9-8-15(12-19(18)25-23(27)31)21(29)24-16-10-11-26(13-16)20(28)14-32-17-6-4-3-5-7-17/h3-9,12,16H,2,10-11,13-14H2,1H3,(H,24,29)(H,25,31). The molecular formula is C23H24N4O5. The van der Waals surface area contributed by atoms with Crippen LogP contribution in [0.3, 0.4) is 0 Å². The molecule has 0 spiro atoms. The minimum absolute atomic E-state index is 0.0575. The molecule has 0 radical (unpaired) electrons. The van der Waals surface area contributed by atoms with E-state index < -0.39 is 5.69 Å². The maximum atomic E-state index is 12.7. The Hall–Kier alpha value is -3.88. The number of hydrogen-bond donors (Lipinski definition) is 2. The van der Waals surface area contributed by atoms with Gasteiger partial charge in [-0.25, -0.2) is 4.79 Å². The average molecular weight is 436 g/mol. The van der Waals surface area contributed by atoms with Crippen LogP contribution in [0.25, 0.3) is 10.9 Å². The summed E-state index contributed by atoms with van der Waals surface area (Å²) < 4.78 is 6.61. The molecule has 9 nitrogen and oxygen atoms in total. The molecule has 2 amide bonds. The predicted molar refractivity (Wildman–Crippen MR) is 119 cm³/mol. The van der Waals surface area contributed by atoms with Crippen molar-refractivity contribution in [1.82, 2.24) is 19.8 Å². The Morgan fingerprint density at radius 1 is 1.16 bits per heavy atom. The van der Waals surface area contributed by atoms with Crippen molar-refractivity contribution in [1.29, 1.82) is 0 Å². The molecule has 2 N–H and O–H groups in total. The quantitative estimate of drug-likeness (QED) is 0.601. The summed E-state index contributed by atoms with van der Waals surface area (Å²) in [5.74, 6) is 0.165. The summed E-state index contributed by atoms with van der Waals surface area (Å²) in [7, 11) is 0. The largest absolute Gasteiger partial charge is 0.484 e. The van der Waals surface area contributed by atoms with Crippen LogP contribution in [-0.4, -0.2) is 52.0 Å². The fourth-order valence-corrected chi connectivity index (χ4v) is 3.81. The highest BCUT2D eigenvalue weighted by Crippen LogP contribution is 2.14. The lowest BCUT2D eigenvalue weighted by Crippen LogP contribution is -2.39. The van der Waals surface area contributed by atoms with E-state index in [0.29, 0.717) is 41.7 Å². The molecule has 1 aromatic heterocycles. The first kappa shape index (κ1) is 21.4. The second kappa shape index (κ2) is 9.09. The van der Waals surface area contributed by atoms with Gasteiger partial charge in [0.25, 0.3) is 17.4 Å². The van der Waals surface area contributed by atoms with E-state index in [-0.39, 0.29) is 36.6 Å². The number of benzene rings is 2. The van der Waals surface area contributed by atoms with Gasteiger partial charge in [0.15, 0.2) is 6.61 Å². The highest BCUT2D eigenvalue weighted by molar-refractivity contribution is 5.97. The number of carbonyl (C=O) groups excluding carboxylic acids is 2. The summed E-state index contributed by atoms with van der Waals surface area (Å²) in [6, 6.07) is 13.5. The highest BCUT2D eigenvalue weighted by Gasteiger charge is 2.28. The Morgan fingerprint density at radius 2 is 1.94 bits per heavy atom. The number of amides is 2. The van der Waals surface area contributed by atoms with E-state index in [4.69, 9.17) is 4.74 Å². The lowest BCUT2D eigenvalue weighted by molar-refractivity contribution is -0.132. The van der Waals surface area contributed by atoms with Crippen LogP contribution in [-0.2, 0) is 11.3 Å². The van der Waals surface area contributed by atoms with Crippen LogP contribution in [0, 0.1) is 0 Å². The number of nitrogens with zero attached hydrogens (tertiary/aromatic N) is 2. The highest BCUT2D eigenvalue weighted by atomic mass is 16.5. The monoisotopic (exact) mass is 436 g/mol. The fraction of sp³-hybridized carbons (Fsp3) is 0.304. The van der Waals surface area contributed by atoms with Gasteiger partial charge in [0.1, 0.15) is 5.75 Å². The van der Waals surface area contributed by atoms with Gasteiger partial charge in [-0.15, -0.1) is 0 Å². The minimum Gasteiger partial charge on any atom is -0.484 e. The van der Waals surface area contributed by atoms with Gasteiger partial charge in [-0.2, -0.15) is 0 Å². The summed E-state index contributed by atoms with van der Waals surface area (Å²) in [5, 5.41) is 3.27. The Morgan fingerprint density at radius 3 is 2.69 bits per heavy atom. The van der Waals surface area contributed by atoms with E-state index in [9.17, 15) is 19.2 Å². The normalized spacial score (nSPS) is 15.7. The summed E-state index contributed by atoms with van der Waals surface area (Å²) in [6.07, 6.45) is 0.633. The summed E-state index contributed by atoms with van der Waals surface area (Å²) >= 11 is 0. The van der Waals surface area contributed by atoms with Gasteiger partial charge in [-0.05, 0) is 43.7 Å². The van der Waals surface area contributed by atoms with E-state index >= 15 is 0 Å². The molecule has 2 heterocycles. The van der Waals surface area contributed by atoms with Gasteiger partial charge >= 0.3 is 5.69 Å². The third kappa shape index (κ3) is 4.41. The number of ether oxygens (including phenoxy) is 1. The Balaban J connectivity index is 1.38. The van der Waals surface area contributed by atoms with E-state index in [0.717, 1.165) is 4.57 Å². The molecule has 1 atom stereocenters. The van der Waals surface area contributed by atoms with Gasteiger partial charge in [-0.1, -0.05) is 18.2 Å². The average Bonchev–Trinajstić information content (AvgIpc) is 3.26. The van der Waals surface area contributed by atoms with Crippen molar-refractivity contribution in [2.24, 2.45) is 0 Å². The van der Waals surface area contributed by atoms with Crippen LogP contribution in [0.4, 0.5) is 0 Å². The van der Waals surface area contributed by atoms with Crippen molar-refractivity contribution in [3.63, 3.8) is 0 Å². The second-order valence-electron chi connectivity index (χ2n) is 7.64. The number of para-hydroxylation sites is 1. The molecule has 1 aliphatic heterocycles. The van der Waals surface area contributed by atoms with E-state index in [1.54, 1.807) is 36.1 Å². The molecule has 166 valence electrons. The van der Waals surface area contributed by atoms with E-state index in [2.05, 4.69) is 10.3 Å². The Bertz CT molecular complexity index is 1260. The van der Waals surface area contributed by atoms with Crippen LogP contribution in [0.5, 0.6) is 5.75 Å². The number of hydrogen-bond acceptors (Lipinski definition) is 5. The second-order valence-corrected chi connectivity index (χ2v) is 7.64. The topological polar surface area (TPSA) is 114 Å². The third-order valence-corrected chi connectivity index (χ3v) is 5.54. The molecular weight excluding hydrogens is 412 g/mol. The molecule has 1 unspecified atom stereocenters. The Labute approximate surface area is 183 Å². The van der Waals surface area contributed by atoms with Gasteiger partial charge in [-0.3, -0.25) is 19.0 Å². The number of rotatable bonds is 6. The summed E-state index contributed by atoms with van der Waals surface area (Å²) in [6.45, 7) is 2.85. The van der Waals surface area contributed by atoms with E-state index in [1.807, 2.05) is 18.2 Å². The maximum Gasteiger partial charge on any atom is 0.328 e. The van der Waals surface area contributed by atoms with Crippen molar-refractivity contribution < 1.29 is 14.3 Å². The lowest BCUT2D eigenvalue weighted by atomic mass is 10.1. The summed E-state index contributed by atoms with van der Waals surface area (Å²) in [5.41, 5.74) is -0.247. The number of likely N-dealkylation sites (tertiary alicyclic amines) is 1. The molecule has 1 aliphatic rings. The van der Waals surface area contributed by atoms with Crippen molar-refractivity contribution in [2.75, 3.05) is 19.7 Å². The lowest BCUT2D eigenvalue weighted by Gasteiger charge is -2.17. The number of carbonyl (C=O) groups is 2. The smallest absolute Gasteiger partial charge is 0.328 e. The van der Waals surface area contributed by atoms with Crippen molar-refractivity contribution >= 4 is 22.7 Å². The first-order valence-corrected chi connectivity index (χ1v) is 10.5. The maximum absolute atomic E-state index is 12.7. The van der Waals surface area contributed by atoms with Crippen LogP contribution in [0.2, 0.25) is 0 Å². The Kier molecular flexibility index (Phi) is 6.07. The molecule has 1 saturated heterocycles. The molecule has 3 aromatic rings. The summed E-state index contributed by atoms with van der Waals surface area (Å²) in [4.78, 5) is 53.9. The predicted octanol–water partition coefficient (Wildman–Crippen LogP) is 1.12. The van der Waals surface area contributed by atoms with Gasteiger partial charge in [0.05, 0.1) is 10.9 Å². The number of fused-ring (bicyclic) bond motifs is 1. The molecule has 2 aromatic carbocycles. The van der Waals surface area contributed by atoms with E-state index in [1.165, 1.54) is 6.07 Å². The van der Waals surface area contributed by atoms with Gasteiger partial charge < -0.3 is 19.9 Å². The van der Waals surface area contributed by atoms with Crippen LogP contribution < -0.4 is 21.3 Å². The van der Waals surface area contributed by atoms with Crippen LogP contribution in [0.15, 0.2) is 58.1 Å². The van der Waals surface area contributed by atoms with Crippen LogP contribution in [0.1, 0.15) is 23.7 Å². The number of aromatic amines is 1. The molecule has 0 aliphatic carbocycles. The molecule has 1 fully saturated rings. The molecule has 9 heteroatoms. The van der Waals surface area contributed by atoms with Gasteiger partial charge in [0, 0.05) is 31.2 Å². The zero-order chi connectivity index (χ0) is 22.7. The zero-order valence-corrected chi connectivity index (χ0v) is 17.7. The van der Waals surface area contributed by atoms with Crippen LogP contribution >= 0.6 is 0 Å². The number of nitrogens with one attached hydrogen (secondary N) is 2. The zero-order valence-electron chi connectivity index (χ0n) is 17.7. The number of aromatic nitrogens is 2. The molecule has 0 bridgehead atoms. The first-order chi connectivity index (χ1) is 15.5. The number of H-pyrrole nitrogens is 1.